The quantitative estimate of drug-likeness (QED) is 0.847. The van der Waals surface area contributed by atoms with Crippen molar-refractivity contribution in [2.45, 2.75) is 12.8 Å². The molecule has 0 saturated heterocycles. The Kier molecular flexibility index (Phi) is 3.74. The Morgan fingerprint density at radius 2 is 2.14 bits per heavy atom. The standard InChI is InChI=1S/C16H15N3O3/c1-22-15(20)7-6-14-12(16(21)19-18-14)8-10-9-17-13-5-3-2-4-11(10)13/h2-5,8-9H,6-7H2,1H3,(H2,18,19,21)/b10-8-. The van der Waals surface area contributed by atoms with Crippen LogP contribution in [0.4, 0.5) is 5.69 Å². The van der Waals surface area contributed by atoms with Crippen molar-refractivity contribution in [3.8, 4) is 0 Å². The van der Waals surface area contributed by atoms with Gasteiger partial charge in [-0.15, -0.1) is 0 Å². The van der Waals surface area contributed by atoms with Crippen molar-refractivity contribution in [2.24, 2.45) is 4.99 Å². The summed E-state index contributed by atoms with van der Waals surface area (Å²) in [5.41, 5.74) is 3.73. The van der Waals surface area contributed by atoms with Gasteiger partial charge in [0.05, 0.1) is 24.8 Å². The predicted molar refractivity (Wildman–Crippen MR) is 84.2 cm³/mol. The van der Waals surface area contributed by atoms with Crippen LogP contribution in [-0.4, -0.2) is 29.5 Å². The third-order valence-corrected chi connectivity index (χ3v) is 3.56. The van der Waals surface area contributed by atoms with Gasteiger partial charge in [-0.2, -0.15) is 0 Å². The zero-order valence-electron chi connectivity index (χ0n) is 12.1. The molecule has 112 valence electrons. The summed E-state index contributed by atoms with van der Waals surface area (Å²) < 4.78 is 4.62. The monoisotopic (exact) mass is 297 g/mol. The topological polar surface area (TPSA) is 87.3 Å². The lowest BCUT2D eigenvalue weighted by Crippen LogP contribution is -2.05. The number of nitrogens with zero attached hydrogens (tertiary/aromatic N) is 1. The first-order valence-electron chi connectivity index (χ1n) is 6.90. The van der Waals surface area contributed by atoms with Crippen molar-refractivity contribution in [1.29, 1.82) is 0 Å². The molecule has 1 aromatic heterocycles. The molecule has 0 aliphatic carbocycles. The average molecular weight is 297 g/mol. The Labute approximate surface area is 126 Å². The van der Waals surface area contributed by atoms with E-state index in [4.69, 9.17) is 0 Å². The number of aromatic nitrogens is 2. The number of aryl methyl sites for hydroxylation is 1. The number of benzene rings is 1. The smallest absolute Gasteiger partial charge is 0.305 e. The van der Waals surface area contributed by atoms with Crippen LogP contribution in [0.25, 0.3) is 11.6 Å². The molecule has 0 fully saturated rings. The molecule has 0 bridgehead atoms. The predicted octanol–water partition coefficient (Wildman–Crippen LogP) is 2.07. The summed E-state index contributed by atoms with van der Waals surface area (Å²) in [4.78, 5) is 27.5. The second-order valence-electron chi connectivity index (χ2n) is 4.92. The van der Waals surface area contributed by atoms with Crippen molar-refractivity contribution in [2.75, 3.05) is 7.11 Å². The number of ether oxygens (including phenoxy) is 1. The van der Waals surface area contributed by atoms with Gasteiger partial charge in [-0.25, -0.2) is 0 Å². The maximum Gasteiger partial charge on any atom is 0.305 e. The molecule has 1 aromatic carbocycles. The Hall–Kier alpha value is -2.89. The summed E-state index contributed by atoms with van der Waals surface area (Å²) in [6.07, 6.45) is 4.15. The molecule has 2 aromatic rings. The largest absolute Gasteiger partial charge is 0.469 e. The second kappa shape index (κ2) is 5.85. The minimum Gasteiger partial charge on any atom is -0.469 e. The van der Waals surface area contributed by atoms with Crippen LogP contribution >= 0.6 is 0 Å². The van der Waals surface area contributed by atoms with Gasteiger partial charge in [0, 0.05) is 29.5 Å². The Morgan fingerprint density at radius 1 is 1.32 bits per heavy atom. The van der Waals surface area contributed by atoms with E-state index in [1.807, 2.05) is 24.3 Å². The van der Waals surface area contributed by atoms with Crippen molar-refractivity contribution >= 4 is 29.5 Å². The fourth-order valence-corrected chi connectivity index (χ4v) is 2.39. The van der Waals surface area contributed by atoms with Gasteiger partial charge in [-0.3, -0.25) is 19.7 Å². The number of methoxy groups -OCH3 is 1. The Morgan fingerprint density at radius 3 is 2.95 bits per heavy atom. The number of carbonyl (C=O) groups excluding carboxylic acids is 1. The van der Waals surface area contributed by atoms with E-state index in [9.17, 15) is 9.59 Å². The zero-order valence-corrected chi connectivity index (χ0v) is 12.1. The molecule has 1 aliphatic heterocycles. The third kappa shape index (κ3) is 2.63. The third-order valence-electron chi connectivity index (χ3n) is 3.56. The molecule has 2 N–H and O–H groups in total. The van der Waals surface area contributed by atoms with Crippen LogP contribution in [0.3, 0.4) is 0 Å². The van der Waals surface area contributed by atoms with Crippen LogP contribution in [0.15, 0.2) is 34.1 Å². The highest BCUT2D eigenvalue weighted by molar-refractivity contribution is 6.21. The SMILES string of the molecule is COC(=O)CCc1[nH][nH]c(=O)c1/C=C1/C=Nc2ccccc21. The van der Waals surface area contributed by atoms with Crippen LogP contribution < -0.4 is 5.56 Å². The summed E-state index contributed by atoms with van der Waals surface area (Å²) in [7, 11) is 1.34. The van der Waals surface area contributed by atoms with Crippen LogP contribution in [0.2, 0.25) is 0 Å². The van der Waals surface area contributed by atoms with Gasteiger partial charge in [-0.05, 0) is 12.1 Å². The molecule has 0 radical (unpaired) electrons. The van der Waals surface area contributed by atoms with Gasteiger partial charge >= 0.3 is 5.97 Å². The van der Waals surface area contributed by atoms with E-state index in [0.717, 1.165) is 16.8 Å². The normalized spacial score (nSPS) is 14.3. The molecule has 1 aliphatic rings. The van der Waals surface area contributed by atoms with Crippen LogP contribution in [0.1, 0.15) is 23.2 Å². The lowest BCUT2D eigenvalue weighted by atomic mass is 10.0. The number of para-hydroxylation sites is 1. The number of esters is 1. The van der Waals surface area contributed by atoms with Gasteiger partial charge in [0.15, 0.2) is 0 Å². The summed E-state index contributed by atoms with van der Waals surface area (Å²) in [6.45, 7) is 0. The molecule has 3 rings (SSSR count). The average Bonchev–Trinajstić information content (AvgIpc) is 3.10. The maximum atomic E-state index is 12.0. The number of carbonyl (C=O) groups is 1. The number of fused-ring (bicyclic) bond motifs is 1. The van der Waals surface area contributed by atoms with E-state index in [1.165, 1.54) is 7.11 Å². The molecule has 0 saturated carbocycles. The summed E-state index contributed by atoms with van der Waals surface area (Å²) in [6, 6.07) is 7.74. The van der Waals surface area contributed by atoms with Gasteiger partial charge in [-0.1, -0.05) is 18.2 Å². The molecule has 6 heteroatoms. The highest BCUT2D eigenvalue weighted by Gasteiger charge is 2.15. The van der Waals surface area contributed by atoms with E-state index in [0.29, 0.717) is 17.7 Å². The number of aromatic amines is 2. The Bertz CT molecular complexity index is 827. The number of hydrogen-bond donors (Lipinski definition) is 2. The number of hydrogen-bond acceptors (Lipinski definition) is 4. The summed E-state index contributed by atoms with van der Waals surface area (Å²) >= 11 is 0. The molecule has 6 nitrogen and oxygen atoms in total. The first-order valence-corrected chi connectivity index (χ1v) is 6.90. The van der Waals surface area contributed by atoms with Crippen molar-refractivity contribution in [3.05, 3.63) is 51.4 Å². The van der Waals surface area contributed by atoms with Gasteiger partial charge in [0.1, 0.15) is 0 Å². The summed E-state index contributed by atoms with van der Waals surface area (Å²) in [5.74, 6) is -0.312. The van der Waals surface area contributed by atoms with Crippen LogP contribution in [-0.2, 0) is 16.0 Å². The molecule has 0 spiro atoms. The van der Waals surface area contributed by atoms with Crippen LogP contribution in [0.5, 0.6) is 0 Å². The highest BCUT2D eigenvalue weighted by atomic mass is 16.5. The van der Waals surface area contributed by atoms with Crippen molar-refractivity contribution < 1.29 is 9.53 Å². The van der Waals surface area contributed by atoms with Gasteiger partial charge in [0.25, 0.3) is 5.56 Å². The summed E-state index contributed by atoms with van der Waals surface area (Å²) in [5, 5.41) is 5.37. The first kappa shape index (κ1) is 14.1. The highest BCUT2D eigenvalue weighted by Crippen LogP contribution is 2.32. The first-order chi connectivity index (χ1) is 10.7. The van der Waals surface area contributed by atoms with E-state index in [-0.39, 0.29) is 17.9 Å². The molecule has 0 unspecified atom stereocenters. The number of rotatable bonds is 4. The van der Waals surface area contributed by atoms with E-state index in [2.05, 4.69) is 19.9 Å². The maximum absolute atomic E-state index is 12.0. The second-order valence-corrected chi connectivity index (χ2v) is 4.92. The zero-order chi connectivity index (χ0) is 15.5. The minimum atomic E-state index is -0.312. The minimum absolute atomic E-state index is 0.213. The number of aliphatic imine (C=N–C) groups is 1. The molecule has 0 atom stereocenters. The van der Waals surface area contributed by atoms with Crippen molar-refractivity contribution in [3.63, 3.8) is 0 Å². The fourth-order valence-electron chi connectivity index (χ4n) is 2.39. The van der Waals surface area contributed by atoms with E-state index in [1.54, 1.807) is 12.3 Å². The lowest BCUT2D eigenvalue weighted by molar-refractivity contribution is -0.140. The molecular weight excluding hydrogens is 282 g/mol. The number of allylic oxidation sites excluding steroid dienone is 1. The Balaban J connectivity index is 1.92. The molecule has 2 heterocycles. The van der Waals surface area contributed by atoms with E-state index >= 15 is 0 Å². The van der Waals surface area contributed by atoms with Gasteiger partial charge < -0.3 is 9.84 Å². The van der Waals surface area contributed by atoms with Crippen molar-refractivity contribution in [1.82, 2.24) is 10.2 Å². The number of H-pyrrole nitrogens is 2. The molecule has 22 heavy (non-hydrogen) atoms. The number of nitrogens with one attached hydrogen (secondary N) is 2. The lowest BCUT2D eigenvalue weighted by Gasteiger charge is -2.01. The molecule has 0 amide bonds. The van der Waals surface area contributed by atoms with Crippen LogP contribution in [0, 0.1) is 0 Å². The van der Waals surface area contributed by atoms with E-state index < -0.39 is 0 Å². The molecular formula is C16H15N3O3. The fraction of sp³-hybridized carbons (Fsp3) is 0.188. The van der Waals surface area contributed by atoms with Gasteiger partial charge in [0.2, 0.25) is 0 Å².